The molecule has 114 valence electrons. The fourth-order valence-electron chi connectivity index (χ4n) is 3.48. The van der Waals surface area contributed by atoms with Crippen LogP contribution in [0, 0.1) is 0 Å². The fraction of sp³-hybridized carbons (Fsp3) is 0.588. The SMILES string of the molecule is C[C@H]1CN([C@@H](C)C(=O)N2CCc3ccccc32)C[C@H](C)O1. The number of benzene rings is 1. The van der Waals surface area contributed by atoms with Gasteiger partial charge in [-0.1, -0.05) is 18.2 Å². The van der Waals surface area contributed by atoms with E-state index in [-0.39, 0.29) is 24.2 Å². The smallest absolute Gasteiger partial charge is 0.244 e. The van der Waals surface area contributed by atoms with Crippen LogP contribution in [0.4, 0.5) is 5.69 Å². The van der Waals surface area contributed by atoms with Crippen LogP contribution in [0.25, 0.3) is 0 Å². The molecule has 4 nitrogen and oxygen atoms in total. The van der Waals surface area contributed by atoms with E-state index in [1.54, 1.807) is 0 Å². The monoisotopic (exact) mass is 288 g/mol. The van der Waals surface area contributed by atoms with Gasteiger partial charge < -0.3 is 9.64 Å². The summed E-state index contributed by atoms with van der Waals surface area (Å²) < 4.78 is 5.76. The molecular weight excluding hydrogens is 264 g/mol. The van der Waals surface area contributed by atoms with Crippen LogP contribution in [0.1, 0.15) is 26.3 Å². The van der Waals surface area contributed by atoms with Crippen LogP contribution in [-0.4, -0.2) is 48.7 Å². The number of rotatable bonds is 2. The van der Waals surface area contributed by atoms with E-state index in [4.69, 9.17) is 4.74 Å². The molecule has 1 fully saturated rings. The molecule has 1 saturated heterocycles. The topological polar surface area (TPSA) is 32.8 Å². The molecule has 0 N–H and O–H groups in total. The van der Waals surface area contributed by atoms with Gasteiger partial charge in [0.25, 0.3) is 0 Å². The van der Waals surface area contributed by atoms with Crippen molar-refractivity contribution >= 4 is 11.6 Å². The lowest BCUT2D eigenvalue weighted by Gasteiger charge is -2.39. The fourth-order valence-corrected chi connectivity index (χ4v) is 3.48. The normalized spacial score (nSPS) is 27.5. The van der Waals surface area contributed by atoms with Gasteiger partial charge in [-0.2, -0.15) is 0 Å². The van der Waals surface area contributed by atoms with Gasteiger partial charge in [0.05, 0.1) is 18.2 Å². The van der Waals surface area contributed by atoms with Crippen molar-refractivity contribution in [2.75, 3.05) is 24.5 Å². The Bertz CT molecular complexity index is 521. The molecule has 0 bridgehead atoms. The van der Waals surface area contributed by atoms with E-state index in [2.05, 4.69) is 30.9 Å². The molecule has 0 aliphatic carbocycles. The summed E-state index contributed by atoms with van der Waals surface area (Å²) in [6.07, 6.45) is 1.34. The van der Waals surface area contributed by atoms with E-state index >= 15 is 0 Å². The number of nitrogens with zero attached hydrogens (tertiary/aromatic N) is 2. The third-order valence-corrected chi connectivity index (χ3v) is 4.51. The van der Waals surface area contributed by atoms with E-state index in [9.17, 15) is 4.79 Å². The highest BCUT2D eigenvalue weighted by Gasteiger charge is 2.34. The second-order valence-corrected chi connectivity index (χ2v) is 6.26. The summed E-state index contributed by atoms with van der Waals surface area (Å²) in [5, 5.41) is 0. The number of hydrogen-bond acceptors (Lipinski definition) is 3. The summed E-state index contributed by atoms with van der Waals surface area (Å²) in [6, 6.07) is 8.13. The molecule has 0 aromatic heterocycles. The highest BCUT2D eigenvalue weighted by molar-refractivity contribution is 5.98. The van der Waals surface area contributed by atoms with Gasteiger partial charge >= 0.3 is 0 Å². The predicted octanol–water partition coefficient (Wildman–Crippen LogP) is 2.07. The Kier molecular flexibility index (Phi) is 4.00. The minimum Gasteiger partial charge on any atom is -0.373 e. The van der Waals surface area contributed by atoms with Gasteiger partial charge in [0.2, 0.25) is 5.91 Å². The Morgan fingerprint density at radius 1 is 1.24 bits per heavy atom. The number of hydrogen-bond donors (Lipinski definition) is 0. The minimum absolute atomic E-state index is 0.0926. The first-order chi connectivity index (χ1) is 10.1. The summed E-state index contributed by atoms with van der Waals surface area (Å²) in [4.78, 5) is 17.1. The third-order valence-electron chi connectivity index (χ3n) is 4.51. The number of fused-ring (bicyclic) bond motifs is 1. The van der Waals surface area contributed by atoms with Crippen LogP contribution in [0.5, 0.6) is 0 Å². The van der Waals surface area contributed by atoms with E-state index in [0.717, 1.165) is 31.7 Å². The average molecular weight is 288 g/mol. The van der Waals surface area contributed by atoms with Crippen molar-refractivity contribution < 1.29 is 9.53 Å². The molecule has 3 atom stereocenters. The number of morpholine rings is 1. The van der Waals surface area contributed by atoms with Gasteiger partial charge in [-0.25, -0.2) is 0 Å². The first-order valence-corrected chi connectivity index (χ1v) is 7.85. The van der Waals surface area contributed by atoms with Crippen molar-refractivity contribution in [2.45, 2.75) is 45.4 Å². The lowest BCUT2D eigenvalue weighted by Crippen LogP contribution is -2.54. The Hall–Kier alpha value is -1.39. The van der Waals surface area contributed by atoms with Gasteiger partial charge in [-0.15, -0.1) is 0 Å². The second-order valence-electron chi connectivity index (χ2n) is 6.26. The highest BCUT2D eigenvalue weighted by Crippen LogP contribution is 2.28. The predicted molar refractivity (Wildman–Crippen MR) is 83.5 cm³/mol. The average Bonchev–Trinajstić information content (AvgIpc) is 2.88. The molecule has 0 unspecified atom stereocenters. The maximum Gasteiger partial charge on any atom is 0.244 e. The van der Waals surface area contributed by atoms with Crippen LogP contribution in [-0.2, 0) is 16.0 Å². The van der Waals surface area contributed by atoms with Crippen LogP contribution in [0.2, 0.25) is 0 Å². The van der Waals surface area contributed by atoms with Crippen molar-refractivity contribution in [3.05, 3.63) is 29.8 Å². The van der Waals surface area contributed by atoms with Crippen LogP contribution in [0.15, 0.2) is 24.3 Å². The molecule has 4 heteroatoms. The van der Waals surface area contributed by atoms with E-state index in [0.29, 0.717) is 0 Å². The molecule has 3 rings (SSSR count). The first kappa shape index (κ1) is 14.5. The number of anilines is 1. The lowest BCUT2D eigenvalue weighted by molar-refractivity contribution is -0.129. The first-order valence-electron chi connectivity index (χ1n) is 7.85. The van der Waals surface area contributed by atoms with E-state index in [1.165, 1.54) is 5.56 Å². The second kappa shape index (κ2) is 5.78. The highest BCUT2D eigenvalue weighted by atomic mass is 16.5. The van der Waals surface area contributed by atoms with Crippen LogP contribution >= 0.6 is 0 Å². The number of amides is 1. The van der Waals surface area contributed by atoms with Crippen molar-refractivity contribution in [3.63, 3.8) is 0 Å². The van der Waals surface area contributed by atoms with Gasteiger partial charge in [-0.3, -0.25) is 9.69 Å². The largest absolute Gasteiger partial charge is 0.373 e. The summed E-state index contributed by atoms with van der Waals surface area (Å²) in [5.41, 5.74) is 2.37. The van der Waals surface area contributed by atoms with Gasteiger partial charge in [-0.05, 0) is 38.8 Å². The molecule has 2 heterocycles. The Morgan fingerprint density at radius 2 is 1.90 bits per heavy atom. The van der Waals surface area contributed by atoms with Crippen LogP contribution < -0.4 is 4.90 Å². The van der Waals surface area contributed by atoms with Gasteiger partial charge in [0.15, 0.2) is 0 Å². The van der Waals surface area contributed by atoms with Crippen molar-refractivity contribution in [1.29, 1.82) is 0 Å². The third kappa shape index (κ3) is 2.83. The molecule has 1 amide bonds. The quantitative estimate of drug-likeness (QED) is 0.835. The van der Waals surface area contributed by atoms with Crippen LogP contribution in [0.3, 0.4) is 0 Å². The maximum atomic E-state index is 12.9. The molecule has 1 aromatic carbocycles. The summed E-state index contributed by atoms with van der Waals surface area (Å²) in [7, 11) is 0. The van der Waals surface area contributed by atoms with Gasteiger partial charge in [0.1, 0.15) is 0 Å². The summed E-state index contributed by atoms with van der Waals surface area (Å²) in [5.74, 6) is 0.209. The summed E-state index contributed by atoms with van der Waals surface area (Å²) >= 11 is 0. The van der Waals surface area contributed by atoms with E-state index in [1.807, 2.05) is 24.0 Å². The van der Waals surface area contributed by atoms with Crippen molar-refractivity contribution in [3.8, 4) is 0 Å². The summed E-state index contributed by atoms with van der Waals surface area (Å²) in [6.45, 7) is 8.63. The van der Waals surface area contributed by atoms with Crippen molar-refractivity contribution in [1.82, 2.24) is 4.90 Å². The Balaban J connectivity index is 1.74. The number of ether oxygens (including phenoxy) is 1. The molecule has 2 aliphatic rings. The molecule has 2 aliphatic heterocycles. The Labute approximate surface area is 126 Å². The number of carbonyl (C=O) groups is 1. The van der Waals surface area contributed by atoms with Gasteiger partial charge in [0, 0.05) is 25.3 Å². The van der Waals surface area contributed by atoms with E-state index < -0.39 is 0 Å². The molecule has 1 aromatic rings. The maximum absolute atomic E-state index is 12.9. The zero-order valence-corrected chi connectivity index (χ0v) is 13.1. The number of carbonyl (C=O) groups excluding carboxylic acids is 1. The molecular formula is C17H24N2O2. The zero-order chi connectivity index (χ0) is 15.0. The minimum atomic E-state index is -0.0926. The molecule has 0 saturated carbocycles. The molecule has 21 heavy (non-hydrogen) atoms. The molecule has 0 radical (unpaired) electrons. The number of para-hydroxylation sites is 1. The lowest BCUT2D eigenvalue weighted by atomic mass is 10.1. The molecule has 0 spiro atoms. The standard InChI is InChI=1S/C17H24N2O2/c1-12-10-18(11-13(2)21-12)14(3)17(20)19-9-8-15-6-4-5-7-16(15)19/h4-7,12-14H,8-11H2,1-3H3/t12-,13-,14-/m0/s1. The zero-order valence-electron chi connectivity index (χ0n) is 13.1. The van der Waals surface area contributed by atoms with Crippen molar-refractivity contribution in [2.24, 2.45) is 0 Å². The Morgan fingerprint density at radius 3 is 2.62 bits per heavy atom.